The number of halogens is 1. The predicted molar refractivity (Wildman–Crippen MR) is 59.2 cm³/mol. The zero-order valence-corrected chi connectivity index (χ0v) is 12.5. The maximum atomic E-state index is 3.44. The third kappa shape index (κ3) is 4.81. The van der Waals surface area contributed by atoms with Crippen LogP contribution in [-0.4, -0.2) is 23.1 Å². The van der Waals surface area contributed by atoms with Gasteiger partial charge in [-0.2, -0.15) is 35.4 Å². The minimum absolute atomic E-state index is 0. The van der Waals surface area contributed by atoms with Crippen molar-refractivity contribution in [1.82, 2.24) is 0 Å². The molecule has 0 aliphatic carbocycles. The molecule has 0 atom stereocenters. The van der Waals surface area contributed by atoms with Gasteiger partial charge in [0.1, 0.15) is 0 Å². The van der Waals surface area contributed by atoms with Crippen LogP contribution in [0.25, 0.3) is 0 Å². The van der Waals surface area contributed by atoms with Gasteiger partial charge in [-0.15, -0.1) is 0 Å². The standard InChI is InChI=1S/C12H17.BrH.Mg/c1-9(2)11-6-5-7-12(8-11)10(3)4;;/h5-7,9-10H,1-4H3;1H;/q-1;;+2/p-1. The van der Waals surface area contributed by atoms with Crippen molar-refractivity contribution in [1.29, 1.82) is 0 Å². The Bertz CT molecular complexity index is 233. The smallest absolute Gasteiger partial charge is 1.00 e. The van der Waals surface area contributed by atoms with Crippen molar-refractivity contribution in [2.24, 2.45) is 0 Å². The number of benzene rings is 1. The molecule has 0 aliphatic rings. The van der Waals surface area contributed by atoms with Crippen LogP contribution in [0.1, 0.15) is 50.7 Å². The average molecular weight is 265 g/mol. The van der Waals surface area contributed by atoms with Crippen LogP contribution in [0.4, 0.5) is 0 Å². The molecule has 0 aliphatic heterocycles. The summed E-state index contributed by atoms with van der Waals surface area (Å²) in [6.07, 6.45) is 0. The minimum Gasteiger partial charge on any atom is -1.00 e. The van der Waals surface area contributed by atoms with E-state index in [0.29, 0.717) is 11.8 Å². The van der Waals surface area contributed by atoms with Crippen LogP contribution < -0.4 is 17.0 Å². The first-order chi connectivity index (χ1) is 5.61. The van der Waals surface area contributed by atoms with Crippen LogP contribution in [0, 0.1) is 6.07 Å². The number of hydrogen-bond donors (Lipinski definition) is 0. The normalized spacial score (nSPS) is 9.57. The Hall–Kier alpha value is 0.466. The van der Waals surface area contributed by atoms with E-state index in [1.54, 1.807) is 0 Å². The largest absolute Gasteiger partial charge is 2.00 e. The molecule has 0 fully saturated rings. The summed E-state index contributed by atoms with van der Waals surface area (Å²) in [5.41, 5.74) is 2.64. The van der Waals surface area contributed by atoms with Crippen LogP contribution >= 0.6 is 0 Å². The molecule has 0 saturated carbocycles. The van der Waals surface area contributed by atoms with Gasteiger partial charge in [0.25, 0.3) is 0 Å². The van der Waals surface area contributed by atoms with Gasteiger partial charge in [0.05, 0.1) is 0 Å². The summed E-state index contributed by atoms with van der Waals surface area (Å²) in [5.74, 6) is 1.17. The van der Waals surface area contributed by atoms with E-state index in [-0.39, 0.29) is 40.0 Å². The zero-order valence-electron chi connectivity index (χ0n) is 9.47. The van der Waals surface area contributed by atoms with Crippen molar-refractivity contribution in [2.45, 2.75) is 39.5 Å². The van der Waals surface area contributed by atoms with E-state index in [1.807, 2.05) is 0 Å². The van der Waals surface area contributed by atoms with Crippen molar-refractivity contribution >= 4 is 23.1 Å². The molecule has 0 heterocycles. The van der Waals surface area contributed by atoms with E-state index in [9.17, 15) is 0 Å². The molecule has 0 spiro atoms. The van der Waals surface area contributed by atoms with Crippen LogP contribution in [0.5, 0.6) is 0 Å². The second kappa shape index (κ2) is 7.72. The molecule has 1 rings (SSSR count). The Morgan fingerprint density at radius 2 is 1.29 bits per heavy atom. The first kappa shape index (κ1) is 16.9. The van der Waals surface area contributed by atoms with E-state index >= 15 is 0 Å². The fraction of sp³-hybridized carbons (Fsp3) is 0.500. The number of hydrogen-bond acceptors (Lipinski definition) is 0. The van der Waals surface area contributed by atoms with Gasteiger partial charge in [-0.25, -0.2) is 0 Å². The van der Waals surface area contributed by atoms with Gasteiger partial charge < -0.3 is 17.0 Å². The van der Waals surface area contributed by atoms with Crippen LogP contribution in [0.2, 0.25) is 0 Å². The summed E-state index contributed by atoms with van der Waals surface area (Å²) < 4.78 is 0. The molecule has 0 saturated heterocycles. The molecular formula is C12H17BrMg. The van der Waals surface area contributed by atoms with Crippen LogP contribution in [0.3, 0.4) is 0 Å². The van der Waals surface area contributed by atoms with E-state index in [0.717, 1.165) is 0 Å². The Labute approximate surface area is 114 Å². The molecule has 2 heteroatoms. The van der Waals surface area contributed by atoms with Gasteiger partial charge in [-0.3, -0.25) is 0 Å². The Kier molecular flexibility index (Phi) is 9.31. The number of rotatable bonds is 2. The van der Waals surface area contributed by atoms with Crippen LogP contribution in [-0.2, 0) is 0 Å². The second-order valence-corrected chi connectivity index (χ2v) is 3.87. The maximum Gasteiger partial charge on any atom is 2.00 e. The molecule has 14 heavy (non-hydrogen) atoms. The molecule has 1 aromatic carbocycles. The van der Waals surface area contributed by atoms with Crippen molar-refractivity contribution in [3.63, 3.8) is 0 Å². The molecule has 74 valence electrons. The van der Waals surface area contributed by atoms with Gasteiger partial charge in [-0.05, 0) is 11.8 Å². The minimum atomic E-state index is 0. The monoisotopic (exact) mass is 264 g/mol. The third-order valence-corrected chi connectivity index (χ3v) is 2.08. The van der Waals surface area contributed by atoms with Crippen molar-refractivity contribution in [2.75, 3.05) is 0 Å². The zero-order chi connectivity index (χ0) is 9.14. The summed E-state index contributed by atoms with van der Waals surface area (Å²) in [6, 6.07) is 9.87. The van der Waals surface area contributed by atoms with Gasteiger partial charge >= 0.3 is 23.1 Å². The summed E-state index contributed by atoms with van der Waals surface area (Å²) in [6.45, 7) is 8.82. The van der Waals surface area contributed by atoms with E-state index in [1.165, 1.54) is 11.1 Å². The van der Waals surface area contributed by atoms with E-state index in [4.69, 9.17) is 0 Å². The Balaban J connectivity index is 0. The van der Waals surface area contributed by atoms with Gasteiger partial charge in [-0.1, -0.05) is 27.7 Å². The van der Waals surface area contributed by atoms with Gasteiger partial charge in [0.2, 0.25) is 0 Å². The van der Waals surface area contributed by atoms with Crippen molar-refractivity contribution < 1.29 is 17.0 Å². The Morgan fingerprint density at radius 3 is 1.57 bits per heavy atom. The third-order valence-electron chi connectivity index (χ3n) is 2.08. The SMILES string of the molecule is CC(C)c1[c-]c(C(C)C)ccc1.[Br-].[Mg+2]. The second-order valence-electron chi connectivity index (χ2n) is 3.87. The fourth-order valence-electron chi connectivity index (χ4n) is 1.18. The maximum absolute atomic E-state index is 3.44. The van der Waals surface area contributed by atoms with E-state index < -0.39 is 0 Å². The summed E-state index contributed by atoms with van der Waals surface area (Å²) in [5, 5.41) is 0. The molecular weight excluding hydrogens is 248 g/mol. The molecule has 0 unspecified atom stereocenters. The van der Waals surface area contributed by atoms with Crippen molar-refractivity contribution in [3.8, 4) is 0 Å². The molecule has 0 amide bonds. The molecule has 1 aromatic rings. The quantitative estimate of drug-likeness (QED) is 0.535. The summed E-state index contributed by atoms with van der Waals surface area (Å²) in [7, 11) is 0. The molecule has 0 N–H and O–H groups in total. The summed E-state index contributed by atoms with van der Waals surface area (Å²) >= 11 is 0. The van der Waals surface area contributed by atoms with Gasteiger partial charge in [0, 0.05) is 0 Å². The molecule has 0 radical (unpaired) electrons. The molecule has 0 aromatic heterocycles. The van der Waals surface area contributed by atoms with Gasteiger partial charge in [0.15, 0.2) is 0 Å². The van der Waals surface area contributed by atoms with E-state index in [2.05, 4.69) is 52.0 Å². The van der Waals surface area contributed by atoms with Crippen molar-refractivity contribution in [3.05, 3.63) is 35.4 Å². The average Bonchev–Trinajstić information content (AvgIpc) is 2.04. The summed E-state index contributed by atoms with van der Waals surface area (Å²) in [4.78, 5) is 0. The first-order valence-electron chi connectivity index (χ1n) is 4.63. The first-order valence-corrected chi connectivity index (χ1v) is 4.63. The fourth-order valence-corrected chi connectivity index (χ4v) is 1.18. The molecule has 0 bridgehead atoms. The Morgan fingerprint density at radius 1 is 0.929 bits per heavy atom. The predicted octanol–water partition coefficient (Wildman–Crippen LogP) is 0.357. The van der Waals surface area contributed by atoms with Crippen LogP contribution in [0.15, 0.2) is 18.2 Å². The molecule has 0 nitrogen and oxygen atoms in total. The topological polar surface area (TPSA) is 0 Å².